The Morgan fingerprint density at radius 2 is 1.73 bits per heavy atom. The second-order valence-corrected chi connectivity index (χ2v) is 5.85. The zero-order valence-electron chi connectivity index (χ0n) is 14.1. The van der Waals surface area contributed by atoms with E-state index in [9.17, 15) is 18.0 Å². The van der Waals surface area contributed by atoms with Crippen LogP contribution < -0.4 is 0 Å². The molecule has 0 bridgehead atoms. The fraction of sp³-hybridized carbons (Fsp3) is 0.263. The van der Waals surface area contributed by atoms with Crippen molar-refractivity contribution in [2.24, 2.45) is 4.99 Å². The van der Waals surface area contributed by atoms with Gasteiger partial charge in [0.2, 0.25) is 0 Å². The van der Waals surface area contributed by atoms with E-state index >= 15 is 0 Å². The minimum Gasteiger partial charge on any atom is -0.467 e. The van der Waals surface area contributed by atoms with Crippen LogP contribution in [0.1, 0.15) is 23.1 Å². The number of aliphatic imine (C=N–C) groups is 1. The molecule has 0 amide bonds. The van der Waals surface area contributed by atoms with Gasteiger partial charge in [0, 0.05) is 19.1 Å². The quantitative estimate of drug-likeness (QED) is 0.766. The van der Waals surface area contributed by atoms with E-state index in [0.29, 0.717) is 22.5 Å². The number of hydrogen-bond donors (Lipinski definition) is 0. The van der Waals surface area contributed by atoms with Crippen molar-refractivity contribution in [2.75, 3.05) is 14.2 Å². The summed E-state index contributed by atoms with van der Waals surface area (Å²) in [7, 11) is 2.65. The number of rotatable bonds is 3. The Bertz CT molecular complexity index is 859. The standard InChI is InChI=1S/C19H16F3NO3/c1-25-17(24)18(26-2)11-16(23-15-6-4-3-5-14(15)18)12-7-9-13(10-8-12)19(20,21)22/h3-10H,11H2,1-2H3. The van der Waals surface area contributed by atoms with Crippen LogP contribution in [0.25, 0.3) is 0 Å². The molecule has 26 heavy (non-hydrogen) atoms. The fourth-order valence-electron chi connectivity index (χ4n) is 3.06. The van der Waals surface area contributed by atoms with Crippen molar-refractivity contribution >= 4 is 17.4 Å². The molecule has 1 atom stereocenters. The molecule has 1 unspecified atom stereocenters. The molecule has 1 heterocycles. The van der Waals surface area contributed by atoms with E-state index in [1.165, 1.54) is 26.4 Å². The van der Waals surface area contributed by atoms with Gasteiger partial charge in [0.05, 0.1) is 24.1 Å². The summed E-state index contributed by atoms with van der Waals surface area (Å²) in [4.78, 5) is 17.0. The molecule has 0 spiro atoms. The Balaban J connectivity index is 2.10. The van der Waals surface area contributed by atoms with Gasteiger partial charge in [-0.15, -0.1) is 0 Å². The lowest BCUT2D eigenvalue weighted by Crippen LogP contribution is -2.42. The Kier molecular flexibility index (Phi) is 4.58. The highest BCUT2D eigenvalue weighted by Gasteiger charge is 2.47. The first kappa shape index (κ1) is 18.1. The molecule has 4 nitrogen and oxygen atoms in total. The van der Waals surface area contributed by atoms with Gasteiger partial charge >= 0.3 is 12.1 Å². The van der Waals surface area contributed by atoms with Gasteiger partial charge in [0.15, 0.2) is 5.60 Å². The first-order valence-electron chi connectivity index (χ1n) is 7.80. The molecule has 2 aromatic carbocycles. The molecule has 3 rings (SSSR count). The van der Waals surface area contributed by atoms with E-state index in [-0.39, 0.29) is 6.42 Å². The largest absolute Gasteiger partial charge is 0.467 e. The molecule has 136 valence electrons. The van der Waals surface area contributed by atoms with E-state index in [1.54, 1.807) is 24.3 Å². The minimum absolute atomic E-state index is 0.0541. The van der Waals surface area contributed by atoms with Gasteiger partial charge in [0.1, 0.15) is 0 Å². The van der Waals surface area contributed by atoms with E-state index in [1.807, 2.05) is 0 Å². The molecule has 2 aromatic rings. The molecule has 1 aliphatic rings. The molecule has 0 aromatic heterocycles. The molecule has 1 aliphatic heterocycles. The van der Waals surface area contributed by atoms with Crippen LogP contribution in [-0.2, 0) is 26.0 Å². The number of para-hydroxylation sites is 1. The summed E-state index contributed by atoms with van der Waals surface area (Å²) >= 11 is 0. The van der Waals surface area contributed by atoms with E-state index in [2.05, 4.69) is 4.99 Å². The summed E-state index contributed by atoms with van der Waals surface area (Å²) in [5.74, 6) is -0.591. The summed E-state index contributed by atoms with van der Waals surface area (Å²) in [5, 5.41) is 0. The lowest BCUT2D eigenvalue weighted by molar-refractivity contribution is -0.166. The first-order valence-corrected chi connectivity index (χ1v) is 7.80. The second kappa shape index (κ2) is 6.57. The average Bonchev–Trinajstić information content (AvgIpc) is 2.65. The van der Waals surface area contributed by atoms with Crippen LogP contribution in [0.5, 0.6) is 0 Å². The van der Waals surface area contributed by atoms with Gasteiger partial charge in [-0.3, -0.25) is 4.99 Å². The maximum absolute atomic E-state index is 12.8. The summed E-state index contributed by atoms with van der Waals surface area (Å²) in [6.45, 7) is 0. The lowest BCUT2D eigenvalue weighted by Gasteiger charge is -2.34. The monoisotopic (exact) mass is 363 g/mol. The molecule has 0 N–H and O–H groups in total. The number of hydrogen-bond acceptors (Lipinski definition) is 4. The number of carbonyl (C=O) groups is 1. The first-order chi connectivity index (χ1) is 12.3. The highest BCUT2D eigenvalue weighted by Crippen LogP contribution is 2.42. The fourth-order valence-corrected chi connectivity index (χ4v) is 3.06. The molecule has 0 aliphatic carbocycles. The molecule has 0 saturated heterocycles. The molecule has 0 fully saturated rings. The maximum atomic E-state index is 12.8. The lowest BCUT2D eigenvalue weighted by atomic mass is 9.82. The summed E-state index contributed by atoms with van der Waals surface area (Å²) in [6.07, 6.45) is -4.36. The Hall–Kier alpha value is -2.67. The van der Waals surface area contributed by atoms with Crippen LogP contribution in [0, 0.1) is 0 Å². The van der Waals surface area contributed by atoms with Gasteiger partial charge < -0.3 is 9.47 Å². The van der Waals surface area contributed by atoms with Crippen molar-refractivity contribution in [3.63, 3.8) is 0 Å². The van der Waals surface area contributed by atoms with E-state index < -0.39 is 23.3 Å². The highest BCUT2D eigenvalue weighted by molar-refractivity contribution is 6.07. The van der Waals surface area contributed by atoms with Crippen LogP contribution >= 0.6 is 0 Å². The number of ether oxygens (including phenoxy) is 2. The Morgan fingerprint density at radius 1 is 1.08 bits per heavy atom. The van der Waals surface area contributed by atoms with Crippen molar-refractivity contribution in [3.05, 3.63) is 65.2 Å². The van der Waals surface area contributed by atoms with Crippen molar-refractivity contribution in [2.45, 2.75) is 18.2 Å². The molecule has 7 heteroatoms. The summed E-state index contributed by atoms with van der Waals surface area (Å²) in [6, 6.07) is 11.6. The third kappa shape index (κ3) is 2.99. The van der Waals surface area contributed by atoms with Gasteiger partial charge in [-0.1, -0.05) is 30.3 Å². The zero-order valence-corrected chi connectivity index (χ0v) is 14.1. The van der Waals surface area contributed by atoms with E-state index in [4.69, 9.17) is 9.47 Å². The molecular weight excluding hydrogens is 347 g/mol. The third-order valence-electron chi connectivity index (χ3n) is 4.42. The summed E-state index contributed by atoms with van der Waals surface area (Å²) in [5.41, 5.74) is -0.136. The van der Waals surface area contributed by atoms with Crippen LogP contribution in [0.4, 0.5) is 18.9 Å². The van der Waals surface area contributed by atoms with E-state index in [0.717, 1.165) is 12.1 Å². The van der Waals surface area contributed by atoms with Crippen molar-refractivity contribution in [1.82, 2.24) is 0 Å². The molecular formula is C19H16F3NO3. The number of nitrogens with zero attached hydrogens (tertiary/aromatic N) is 1. The smallest absolute Gasteiger partial charge is 0.416 e. The van der Waals surface area contributed by atoms with Crippen molar-refractivity contribution < 1.29 is 27.4 Å². The van der Waals surface area contributed by atoms with Gasteiger partial charge in [-0.05, 0) is 23.8 Å². The number of methoxy groups -OCH3 is 2. The van der Waals surface area contributed by atoms with Crippen molar-refractivity contribution in [1.29, 1.82) is 0 Å². The minimum atomic E-state index is -4.41. The number of fused-ring (bicyclic) bond motifs is 1. The highest BCUT2D eigenvalue weighted by atomic mass is 19.4. The van der Waals surface area contributed by atoms with Gasteiger partial charge in [-0.25, -0.2) is 4.79 Å². The Morgan fingerprint density at radius 3 is 2.31 bits per heavy atom. The molecule has 0 radical (unpaired) electrons. The summed E-state index contributed by atoms with van der Waals surface area (Å²) < 4.78 is 48.8. The van der Waals surface area contributed by atoms with Crippen LogP contribution in [-0.4, -0.2) is 25.9 Å². The van der Waals surface area contributed by atoms with Crippen LogP contribution in [0.15, 0.2) is 53.5 Å². The topological polar surface area (TPSA) is 47.9 Å². The normalized spacial score (nSPS) is 19.5. The SMILES string of the molecule is COC(=O)C1(OC)CC(c2ccc(C(F)(F)F)cc2)=Nc2ccccc21. The number of benzene rings is 2. The average molecular weight is 363 g/mol. The predicted octanol–water partition coefficient (Wildman–Crippen LogP) is 4.24. The predicted molar refractivity (Wildman–Crippen MR) is 89.4 cm³/mol. The number of alkyl halides is 3. The van der Waals surface area contributed by atoms with Crippen LogP contribution in [0.2, 0.25) is 0 Å². The van der Waals surface area contributed by atoms with Gasteiger partial charge in [0.25, 0.3) is 0 Å². The third-order valence-corrected chi connectivity index (χ3v) is 4.42. The van der Waals surface area contributed by atoms with Gasteiger partial charge in [-0.2, -0.15) is 13.2 Å². The Labute approximate surface area is 148 Å². The number of halogens is 3. The molecule has 0 saturated carbocycles. The second-order valence-electron chi connectivity index (χ2n) is 5.85. The number of carbonyl (C=O) groups excluding carboxylic acids is 1. The van der Waals surface area contributed by atoms with Crippen LogP contribution in [0.3, 0.4) is 0 Å². The maximum Gasteiger partial charge on any atom is 0.416 e. The van der Waals surface area contributed by atoms with Crippen molar-refractivity contribution in [3.8, 4) is 0 Å². The number of esters is 1. The zero-order chi connectivity index (χ0) is 18.9.